The van der Waals surface area contributed by atoms with E-state index in [0.717, 1.165) is 0 Å². The molecule has 2 heterocycles. The summed E-state index contributed by atoms with van der Waals surface area (Å²) in [4.78, 5) is 2.49. The van der Waals surface area contributed by atoms with Gasteiger partial charge in [0.05, 0.1) is 6.17 Å². The second-order valence-corrected chi connectivity index (χ2v) is 5.78. The van der Waals surface area contributed by atoms with Crippen LogP contribution in [0.3, 0.4) is 0 Å². The quantitative estimate of drug-likeness (QED) is 0.623. The lowest BCUT2D eigenvalue weighted by Crippen LogP contribution is -2.57. The predicted molar refractivity (Wildman–Crippen MR) is 72.1 cm³/mol. The molecule has 0 spiro atoms. The molecule has 2 aliphatic rings. The number of nitrogens with one attached hydrogen (secondary N) is 3. The average molecular weight is 240 g/mol. The number of hydrogen-bond donors (Lipinski definition) is 3. The Bertz CT molecular complexity index is 254. The fraction of sp³-hybridized carbons (Fsp3) is 1.00. The normalized spacial score (nSPS) is 44.1. The minimum Gasteiger partial charge on any atom is -0.313 e. The molecule has 100 valence electrons. The van der Waals surface area contributed by atoms with E-state index in [-0.39, 0.29) is 0 Å². The number of hydrogen-bond acceptors (Lipinski definition) is 4. The van der Waals surface area contributed by atoms with Gasteiger partial charge in [0.15, 0.2) is 0 Å². The van der Waals surface area contributed by atoms with Gasteiger partial charge in [-0.25, -0.2) is 0 Å². The first-order valence-corrected chi connectivity index (χ1v) is 6.94. The molecule has 2 saturated heterocycles. The fourth-order valence-electron chi connectivity index (χ4n) is 3.41. The van der Waals surface area contributed by atoms with Gasteiger partial charge in [0.2, 0.25) is 0 Å². The van der Waals surface area contributed by atoms with Gasteiger partial charge in [-0.3, -0.25) is 4.90 Å². The molecular weight excluding hydrogens is 212 g/mol. The van der Waals surface area contributed by atoms with Gasteiger partial charge in [0.25, 0.3) is 0 Å². The monoisotopic (exact) mass is 240 g/mol. The molecule has 4 heteroatoms. The zero-order chi connectivity index (χ0) is 12.5. The SMILES string of the molecule is CNC1CCCC(NC)(C2CN2)CC(C)N1C. The highest BCUT2D eigenvalue weighted by Crippen LogP contribution is 2.32. The van der Waals surface area contributed by atoms with Crippen LogP contribution in [0.15, 0.2) is 0 Å². The maximum atomic E-state index is 3.62. The molecule has 4 unspecified atom stereocenters. The van der Waals surface area contributed by atoms with Crippen LogP contribution >= 0.6 is 0 Å². The molecule has 4 nitrogen and oxygen atoms in total. The fourth-order valence-corrected chi connectivity index (χ4v) is 3.41. The summed E-state index contributed by atoms with van der Waals surface area (Å²) in [6, 6.07) is 1.30. The zero-order valence-corrected chi connectivity index (χ0v) is 11.7. The van der Waals surface area contributed by atoms with Crippen molar-refractivity contribution in [3.63, 3.8) is 0 Å². The Balaban J connectivity index is 2.08. The Kier molecular flexibility index (Phi) is 4.08. The van der Waals surface area contributed by atoms with Crippen molar-refractivity contribution in [1.29, 1.82) is 0 Å². The molecular formula is C13H28N4. The molecule has 0 aromatic rings. The van der Waals surface area contributed by atoms with Gasteiger partial charge >= 0.3 is 0 Å². The van der Waals surface area contributed by atoms with E-state index in [1.807, 2.05) is 0 Å². The highest BCUT2D eigenvalue weighted by Gasteiger charge is 2.45. The maximum absolute atomic E-state index is 3.62. The van der Waals surface area contributed by atoms with Crippen LogP contribution in [-0.2, 0) is 0 Å². The first kappa shape index (κ1) is 13.3. The van der Waals surface area contributed by atoms with Crippen molar-refractivity contribution < 1.29 is 0 Å². The lowest BCUT2D eigenvalue weighted by molar-refractivity contribution is 0.0909. The highest BCUT2D eigenvalue weighted by atomic mass is 15.3. The first-order chi connectivity index (χ1) is 8.13. The second kappa shape index (κ2) is 5.22. The van der Waals surface area contributed by atoms with Crippen molar-refractivity contribution >= 4 is 0 Å². The van der Waals surface area contributed by atoms with Crippen LogP contribution in [0.1, 0.15) is 32.6 Å². The Morgan fingerprint density at radius 3 is 2.59 bits per heavy atom. The smallest absolute Gasteiger partial charge is 0.0594 e. The summed E-state index contributed by atoms with van der Waals surface area (Å²) in [5.41, 5.74) is 0.312. The lowest BCUT2D eigenvalue weighted by Gasteiger charge is -2.43. The second-order valence-electron chi connectivity index (χ2n) is 5.78. The van der Waals surface area contributed by atoms with Crippen molar-refractivity contribution in [2.75, 3.05) is 27.7 Å². The van der Waals surface area contributed by atoms with E-state index in [4.69, 9.17) is 0 Å². The van der Waals surface area contributed by atoms with Gasteiger partial charge in [-0.05, 0) is 53.8 Å². The molecule has 3 N–H and O–H groups in total. The minimum atomic E-state index is 0.312. The summed E-state index contributed by atoms with van der Waals surface area (Å²) < 4.78 is 0. The van der Waals surface area contributed by atoms with E-state index >= 15 is 0 Å². The van der Waals surface area contributed by atoms with Crippen LogP contribution in [0, 0.1) is 0 Å². The van der Waals surface area contributed by atoms with Crippen LogP contribution in [0.4, 0.5) is 0 Å². The van der Waals surface area contributed by atoms with E-state index in [2.05, 4.69) is 48.9 Å². The molecule has 0 aromatic heterocycles. The Morgan fingerprint density at radius 1 is 1.35 bits per heavy atom. The molecule has 0 saturated carbocycles. The highest BCUT2D eigenvalue weighted by molar-refractivity contribution is 5.08. The van der Waals surface area contributed by atoms with Gasteiger partial charge in [-0.2, -0.15) is 0 Å². The van der Waals surface area contributed by atoms with Gasteiger partial charge in [-0.15, -0.1) is 0 Å². The Hall–Kier alpha value is -0.160. The standard InChI is InChI=1S/C13H28N4/c1-10-8-13(15-3,11-9-16-11)7-5-6-12(14-2)17(10)4/h10-12,14-16H,5-9H2,1-4H3. The molecule has 4 atom stereocenters. The van der Waals surface area contributed by atoms with Gasteiger partial charge in [-0.1, -0.05) is 0 Å². The maximum Gasteiger partial charge on any atom is 0.0594 e. The van der Waals surface area contributed by atoms with Crippen molar-refractivity contribution in [1.82, 2.24) is 20.9 Å². The first-order valence-electron chi connectivity index (χ1n) is 6.94. The minimum absolute atomic E-state index is 0.312. The molecule has 0 amide bonds. The van der Waals surface area contributed by atoms with E-state index < -0.39 is 0 Å². The van der Waals surface area contributed by atoms with Gasteiger partial charge in [0, 0.05) is 24.2 Å². The average Bonchev–Trinajstić information content (AvgIpc) is 3.15. The summed E-state index contributed by atoms with van der Waals surface area (Å²) >= 11 is 0. The third kappa shape index (κ3) is 2.65. The third-order valence-electron chi connectivity index (χ3n) is 4.85. The summed E-state index contributed by atoms with van der Waals surface area (Å²) in [6.07, 6.45) is 5.59. The molecule has 2 fully saturated rings. The zero-order valence-electron chi connectivity index (χ0n) is 11.7. The topological polar surface area (TPSA) is 49.2 Å². The summed E-state index contributed by atoms with van der Waals surface area (Å²) in [7, 11) is 6.45. The molecule has 0 radical (unpaired) electrons. The molecule has 0 aliphatic carbocycles. The number of likely N-dealkylation sites (N-methyl/N-ethyl adjacent to an activating group) is 1. The third-order valence-corrected chi connectivity index (χ3v) is 4.85. The summed E-state index contributed by atoms with van der Waals surface area (Å²) in [5, 5.41) is 10.6. The van der Waals surface area contributed by atoms with Crippen molar-refractivity contribution in [2.45, 2.75) is 56.4 Å². The Labute approximate surface area is 106 Å². The summed E-state index contributed by atoms with van der Waals surface area (Å²) in [5.74, 6) is 0. The van der Waals surface area contributed by atoms with Crippen LogP contribution in [0.25, 0.3) is 0 Å². The van der Waals surface area contributed by atoms with E-state index in [1.165, 1.54) is 32.2 Å². The van der Waals surface area contributed by atoms with Crippen LogP contribution in [0.5, 0.6) is 0 Å². The van der Waals surface area contributed by atoms with E-state index in [9.17, 15) is 0 Å². The van der Waals surface area contributed by atoms with Gasteiger partial charge < -0.3 is 16.0 Å². The van der Waals surface area contributed by atoms with E-state index in [1.54, 1.807) is 0 Å². The lowest BCUT2D eigenvalue weighted by atomic mass is 9.81. The predicted octanol–water partition coefficient (Wildman–Crippen LogP) is 0.356. The number of likely N-dealkylation sites (tertiary alicyclic amines) is 1. The number of rotatable bonds is 3. The number of nitrogens with zero attached hydrogens (tertiary/aromatic N) is 1. The Morgan fingerprint density at radius 2 is 2.06 bits per heavy atom. The largest absolute Gasteiger partial charge is 0.313 e. The van der Waals surface area contributed by atoms with Crippen LogP contribution in [-0.4, -0.2) is 56.4 Å². The molecule has 17 heavy (non-hydrogen) atoms. The molecule has 2 rings (SSSR count). The molecule has 2 aliphatic heterocycles. The summed E-state index contributed by atoms with van der Waals surface area (Å²) in [6.45, 7) is 3.54. The van der Waals surface area contributed by atoms with Crippen molar-refractivity contribution in [3.05, 3.63) is 0 Å². The van der Waals surface area contributed by atoms with Crippen LogP contribution in [0.2, 0.25) is 0 Å². The molecule has 0 bridgehead atoms. The molecule has 0 aromatic carbocycles. The van der Waals surface area contributed by atoms with Crippen molar-refractivity contribution in [2.24, 2.45) is 0 Å². The van der Waals surface area contributed by atoms with Gasteiger partial charge in [0.1, 0.15) is 0 Å². The van der Waals surface area contributed by atoms with E-state index in [0.29, 0.717) is 23.8 Å². The van der Waals surface area contributed by atoms with Crippen LogP contribution < -0.4 is 16.0 Å². The van der Waals surface area contributed by atoms with Crippen molar-refractivity contribution in [3.8, 4) is 0 Å².